The number of ether oxygens (including phenoxy) is 1. The lowest BCUT2D eigenvalue weighted by Crippen LogP contribution is -2.43. The third kappa shape index (κ3) is 3.67. The topological polar surface area (TPSA) is 55.6 Å². The molecule has 4 nitrogen and oxygen atoms in total. The van der Waals surface area contributed by atoms with Crippen molar-refractivity contribution in [2.24, 2.45) is 11.7 Å². The quantitative estimate of drug-likeness (QED) is 0.746. The lowest BCUT2D eigenvalue weighted by molar-refractivity contribution is 0.0283. The van der Waals surface area contributed by atoms with Gasteiger partial charge in [-0.25, -0.2) is 4.79 Å². The molecule has 0 bridgehead atoms. The number of amides is 1. The van der Waals surface area contributed by atoms with Gasteiger partial charge in [0.15, 0.2) is 0 Å². The first-order valence-electron chi connectivity index (χ1n) is 5.86. The Kier molecular flexibility index (Phi) is 3.53. The monoisotopic (exact) mass is 228 g/mol. The van der Waals surface area contributed by atoms with Crippen molar-refractivity contribution >= 4 is 6.09 Å². The summed E-state index contributed by atoms with van der Waals surface area (Å²) in [6, 6.07) is 0. The van der Waals surface area contributed by atoms with Gasteiger partial charge in [-0.2, -0.15) is 0 Å². The summed E-state index contributed by atoms with van der Waals surface area (Å²) in [4.78, 5) is 13.6. The van der Waals surface area contributed by atoms with Crippen LogP contribution in [0.2, 0.25) is 0 Å². The van der Waals surface area contributed by atoms with E-state index < -0.39 is 5.60 Å². The summed E-state index contributed by atoms with van der Waals surface area (Å²) in [6.07, 6.45) is 0.738. The summed E-state index contributed by atoms with van der Waals surface area (Å²) in [7, 11) is 0. The molecule has 0 radical (unpaired) electrons. The van der Waals surface area contributed by atoms with E-state index in [0.717, 1.165) is 13.0 Å². The number of nitrogens with two attached hydrogens (primary N) is 1. The zero-order valence-electron chi connectivity index (χ0n) is 11.0. The van der Waals surface area contributed by atoms with Crippen LogP contribution in [0.15, 0.2) is 0 Å². The Bertz CT molecular complexity index is 263. The molecule has 94 valence electrons. The third-order valence-corrected chi connectivity index (χ3v) is 2.89. The summed E-state index contributed by atoms with van der Waals surface area (Å²) in [5.41, 5.74) is 5.40. The Morgan fingerprint density at radius 3 is 2.25 bits per heavy atom. The fourth-order valence-corrected chi connectivity index (χ4v) is 1.86. The Balaban J connectivity index is 2.51. The first-order chi connectivity index (χ1) is 7.09. The summed E-state index contributed by atoms with van der Waals surface area (Å²) in [6.45, 7) is 11.1. The van der Waals surface area contributed by atoms with E-state index in [2.05, 4.69) is 0 Å². The highest BCUT2D eigenvalue weighted by molar-refractivity contribution is 5.68. The number of hydrogen-bond acceptors (Lipinski definition) is 3. The van der Waals surface area contributed by atoms with Crippen molar-refractivity contribution in [3.05, 3.63) is 0 Å². The molecule has 4 heteroatoms. The molecule has 1 aliphatic rings. The van der Waals surface area contributed by atoms with Crippen LogP contribution in [-0.2, 0) is 4.74 Å². The predicted molar refractivity (Wildman–Crippen MR) is 64.2 cm³/mol. The average Bonchev–Trinajstić information content (AvgIpc) is 2.46. The summed E-state index contributed by atoms with van der Waals surface area (Å²) in [5, 5.41) is 0. The van der Waals surface area contributed by atoms with Gasteiger partial charge in [-0.1, -0.05) is 0 Å². The van der Waals surface area contributed by atoms with Gasteiger partial charge in [0.05, 0.1) is 0 Å². The van der Waals surface area contributed by atoms with E-state index in [9.17, 15) is 4.79 Å². The first kappa shape index (κ1) is 13.3. The van der Waals surface area contributed by atoms with Crippen LogP contribution < -0.4 is 5.73 Å². The van der Waals surface area contributed by atoms with Crippen LogP contribution in [0.25, 0.3) is 0 Å². The average molecular weight is 228 g/mol. The second-order valence-corrected chi connectivity index (χ2v) is 6.23. The number of carbonyl (C=O) groups is 1. The van der Waals surface area contributed by atoms with Crippen molar-refractivity contribution in [3.8, 4) is 0 Å². The van der Waals surface area contributed by atoms with Gasteiger partial charge in [-0.15, -0.1) is 0 Å². The van der Waals surface area contributed by atoms with E-state index in [1.54, 1.807) is 4.90 Å². The van der Waals surface area contributed by atoms with Crippen molar-refractivity contribution in [2.45, 2.75) is 52.2 Å². The van der Waals surface area contributed by atoms with Gasteiger partial charge in [-0.3, -0.25) is 0 Å². The Morgan fingerprint density at radius 1 is 1.31 bits per heavy atom. The van der Waals surface area contributed by atoms with Gasteiger partial charge in [0.25, 0.3) is 0 Å². The van der Waals surface area contributed by atoms with E-state index >= 15 is 0 Å². The minimum Gasteiger partial charge on any atom is -0.444 e. The highest BCUT2D eigenvalue weighted by Crippen LogP contribution is 2.26. The molecule has 0 aliphatic carbocycles. The summed E-state index contributed by atoms with van der Waals surface area (Å²) in [5.74, 6) is 0.361. The van der Waals surface area contributed by atoms with Gasteiger partial charge in [0.1, 0.15) is 5.60 Å². The Hall–Kier alpha value is -0.770. The molecule has 1 amide bonds. The highest BCUT2D eigenvalue weighted by atomic mass is 16.6. The van der Waals surface area contributed by atoms with E-state index in [-0.39, 0.29) is 11.6 Å². The standard InChI is InChI=1S/C12H24N2O2/c1-11(2,3)16-10(15)14-7-6-9(8-14)12(4,5)13/h9H,6-8,13H2,1-5H3. The molecular formula is C12H24N2O2. The van der Waals surface area contributed by atoms with Crippen LogP contribution in [0.3, 0.4) is 0 Å². The number of hydrogen-bond donors (Lipinski definition) is 1. The molecule has 0 aromatic heterocycles. The molecule has 1 atom stereocenters. The van der Waals surface area contributed by atoms with Crippen LogP contribution in [-0.4, -0.2) is 35.2 Å². The van der Waals surface area contributed by atoms with Gasteiger partial charge in [0.2, 0.25) is 0 Å². The van der Waals surface area contributed by atoms with Crippen molar-refractivity contribution in [3.63, 3.8) is 0 Å². The van der Waals surface area contributed by atoms with Gasteiger partial charge in [-0.05, 0) is 47.0 Å². The fraction of sp³-hybridized carbons (Fsp3) is 0.917. The molecule has 0 spiro atoms. The molecule has 0 saturated carbocycles. The molecule has 1 aliphatic heterocycles. The lowest BCUT2D eigenvalue weighted by atomic mass is 9.88. The minimum absolute atomic E-state index is 0.223. The zero-order valence-corrected chi connectivity index (χ0v) is 11.0. The molecular weight excluding hydrogens is 204 g/mol. The fourth-order valence-electron chi connectivity index (χ4n) is 1.86. The SMILES string of the molecule is CC(C)(C)OC(=O)N1CCC(C(C)(C)N)C1. The Morgan fingerprint density at radius 2 is 1.88 bits per heavy atom. The maximum atomic E-state index is 11.8. The summed E-state index contributed by atoms with van der Waals surface area (Å²) >= 11 is 0. The number of likely N-dealkylation sites (tertiary alicyclic amines) is 1. The van der Waals surface area contributed by atoms with E-state index in [4.69, 9.17) is 10.5 Å². The van der Waals surface area contributed by atoms with E-state index in [0.29, 0.717) is 12.5 Å². The van der Waals surface area contributed by atoms with Crippen LogP contribution >= 0.6 is 0 Å². The zero-order chi connectivity index (χ0) is 12.6. The predicted octanol–water partition coefficient (Wildman–Crippen LogP) is 1.98. The minimum atomic E-state index is -0.423. The molecule has 0 aromatic carbocycles. The van der Waals surface area contributed by atoms with Crippen molar-refractivity contribution < 1.29 is 9.53 Å². The number of rotatable bonds is 1. The second-order valence-electron chi connectivity index (χ2n) is 6.23. The third-order valence-electron chi connectivity index (χ3n) is 2.89. The normalized spacial score (nSPS) is 22.4. The van der Waals surface area contributed by atoms with Gasteiger partial charge >= 0.3 is 6.09 Å². The van der Waals surface area contributed by atoms with E-state index in [1.165, 1.54) is 0 Å². The first-order valence-corrected chi connectivity index (χ1v) is 5.86. The molecule has 1 rings (SSSR count). The van der Waals surface area contributed by atoms with Crippen molar-refractivity contribution in [1.29, 1.82) is 0 Å². The van der Waals surface area contributed by atoms with Crippen LogP contribution in [0, 0.1) is 5.92 Å². The molecule has 0 aromatic rings. The molecule has 2 N–H and O–H groups in total. The van der Waals surface area contributed by atoms with Crippen LogP contribution in [0.4, 0.5) is 4.79 Å². The maximum Gasteiger partial charge on any atom is 0.410 e. The molecule has 1 saturated heterocycles. The van der Waals surface area contributed by atoms with Gasteiger partial charge in [0, 0.05) is 18.6 Å². The molecule has 1 fully saturated rings. The second kappa shape index (κ2) is 4.24. The molecule has 16 heavy (non-hydrogen) atoms. The maximum absolute atomic E-state index is 11.8. The van der Waals surface area contributed by atoms with E-state index in [1.807, 2.05) is 34.6 Å². The number of carbonyl (C=O) groups excluding carboxylic acids is 1. The smallest absolute Gasteiger partial charge is 0.410 e. The Labute approximate surface area is 98.1 Å². The van der Waals surface area contributed by atoms with Crippen LogP contribution in [0.5, 0.6) is 0 Å². The van der Waals surface area contributed by atoms with Crippen LogP contribution in [0.1, 0.15) is 41.0 Å². The largest absolute Gasteiger partial charge is 0.444 e. The van der Waals surface area contributed by atoms with Crippen molar-refractivity contribution in [1.82, 2.24) is 4.90 Å². The summed E-state index contributed by atoms with van der Waals surface area (Å²) < 4.78 is 5.33. The van der Waals surface area contributed by atoms with Crippen molar-refractivity contribution in [2.75, 3.05) is 13.1 Å². The van der Waals surface area contributed by atoms with Gasteiger partial charge < -0.3 is 15.4 Å². The highest BCUT2D eigenvalue weighted by Gasteiger charge is 2.35. The lowest BCUT2D eigenvalue weighted by Gasteiger charge is -2.28. The molecule has 1 heterocycles. The number of nitrogens with zero attached hydrogens (tertiary/aromatic N) is 1. The molecule has 1 unspecified atom stereocenters.